The molecule has 0 bridgehead atoms. The van der Waals surface area contributed by atoms with Crippen LogP contribution in [0.4, 0.5) is 0 Å². The predicted octanol–water partition coefficient (Wildman–Crippen LogP) is 22.3. The van der Waals surface area contributed by atoms with Gasteiger partial charge in [0.25, 0.3) is 0 Å². The molecule has 0 amide bonds. The average Bonchev–Trinajstić information content (AvgIpc) is 3.45. The fourth-order valence-corrected chi connectivity index (χ4v) is 8.57. The maximum Gasteiger partial charge on any atom is 0.306 e. The summed E-state index contributed by atoms with van der Waals surface area (Å²) in [6.45, 7) is 6.38. The second-order valence-electron chi connectivity index (χ2n) is 20.9. The van der Waals surface area contributed by atoms with Crippen molar-refractivity contribution in [1.82, 2.24) is 0 Å². The van der Waals surface area contributed by atoms with Crippen molar-refractivity contribution in [2.75, 3.05) is 13.2 Å². The number of rotatable bonds is 57. The molecule has 0 aliphatic rings. The minimum absolute atomic E-state index is 0.0999. The van der Waals surface area contributed by atoms with Crippen molar-refractivity contribution in [2.24, 2.45) is 0 Å². The smallest absolute Gasteiger partial charge is 0.306 e. The Balaban J connectivity index is 4.50. The zero-order valence-electron chi connectivity index (χ0n) is 51.1. The Morgan fingerprint density at radius 1 is 0.266 bits per heavy atom. The number of unbranched alkanes of at least 4 members (excludes halogenated alkanes) is 22. The van der Waals surface area contributed by atoms with Gasteiger partial charge in [0.1, 0.15) is 13.2 Å². The molecule has 0 N–H and O–H groups in total. The van der Waals surface area contributed by atoms with Crippen LogP contribution in [0.2, 0.25) is 0 Å². The van der Waals surface area contributed by atoms with E-state index in [0.717, 1.165) is 161 Å². The summed E-state index contributed by atoms with van der Waals surface area (Å²) in [5.74, 6) is -0.951. The first-order chi connectivity index (χ1) is 39.0. The fourth-order valence-electron chi connectivity index (χ4n) is 8.57. The second-order valence-corrected chi connectivity index (χ2v) is 20.9. The van der Waals surface area contributed by atoms with Gasteiger partial charge in [-0.15, -0.1) is 0 Å². The minimum atomic E-state index is -0.809. The molecule has 6 heteroatoms. The maximum absolute atomic E-state index is 12.9. The van der Waals surface area contributed by atoms with Gasteiger partial charge in [-0.05, 0) is 122 Å². The summed E-state index contributed by atoms with van der Waals surface area (Å²) in [4.78, 5) is 38.4. The Labute approximate surface area is 487 Å². The van der Waals surface area contributed by atoms with Gasteiger partial charge in [0.2, 0.25) is 0 Å². The molecule has 1 unspecified atom stereocenters. The first-order valence-electron chi connectivity index (χ1n) is 32.3. The van der Waals surface area contributed by atoms with Crippen LogP contribution >= 0.6 is 0 Å². The largest absolute Gasteiger partial charge is 0.462 e. The van der Waals surface area contributed by atoms with Gasteiger partial charge in [0.05, 0.1) is 0 Å². The number of hydrogen-bond donors (Lipinski definition) is 0. The van der Waals surface area contributed by atoms with E-state index in [0.29, 0.717) is 19.3 Å². The van der Waals surface area contributed by atoms with E-state index in [1.54, 1.807) is 0 Å². The molecule has 446 valence electrons. The SMILES string of the molecule is CC/C=C\C/C=C\C/C=C\C/C=C\C/C=C\C/C=C\C/C=C\CCCCCC(=O)OCC(COC(=O)CCCCCCCCCCCCCCCCC)OC(=O)CCCCCCC/C=C\C/C=C\C/C=C\C/C=C\C/C=C\CC. The van der Waals surface area contributed by atoms with E-state index >= 15 is 0 Å². The van der Waals surface area contributed by atoms with Gasteiger partial charge >= 0.3 is 17.9 Å². The lowest BCUT2D eigenvalue weighted by Crippen LogP contribution is -2.30. The Morgan fingerprint density at radius 3 is 0.785 bits per heavy atom. The van der Waals surface area contributed by atoms with Gasteiger partial charge in [-0.2, -0.15) is 0 Å². The fraction of sp³-hybridized carbons (Fsp3) is 0.630. The third-order valence-electron chi connectivity index (χ3n) is 13.3. The van der Waals surface area contributed by atoms with Crippen molar-refractivity contribution in [2.45, 2.75) is 284 Å². The summed E-state index contributed by atoms with van der Waals surface area (Å²) in [5.41, 5.74) is 0. The number of carbonyl (C=O) groups excluding carboxylic acids is 3. The highest BCUT2D eigenvalue weighted by Gasteiger charge is 2.19. The van der Waals surface area contributed by atoms with Gasteiger partial charge < -0.3 is 14.2 Å². The summed E-state index contributed by atoms with van der Waals surface area (Å²) in [6.07, 6.45) is 94.1. The minimum Gasteiger partial charge on any atom is -0.462 e. The first-order valence-corrected chi connectivity index (χ1v) is 32.3. The highest BCUT2D eigenvalue weighted by Crippen LogP contribution is 2.15. The van der Waals surface area contributed by atoms with E-state index in [9.17, 15) is 14.4 Å². The molecule has 0 spiro atoms. The summed E-state index contributed by atoms with van der Waals surface area (Å²) in [7, 11) is 0. The Morgan fingerprint density at radius 2 is 0.494 bits per heavy atom. The number of ether oxygens (including phenoxy) is 3. The third-order valence-corrected chi connectivity index (χ3v) is 13.3. The molecule has 79 heavy (non-hydrogen) atoms. The van der Waals surface area contributed by atoms with Crippen molar-refractivity contribution in [3.63, 3.8) is 0 Å². The topological polar surface area (TPSA) is 78.9 Å². The van der Waals surface area contributed by atoms with Crippen LogP contribution in [0.1, 0.15) is 278 Å². The molecule has 0 saturated heterocycles. The Hall–Kier alpha value is -4.71. The summed E-state index contributed by atoms with van der Waals surface area (Å²) in [6, 6.07) is 0. The molecule has 0 aliphatic heterocycles. The molecule has 0 heterocycles. The van der Waals surface area contributed by atoms with Crippen LogP contribution in [0.5, 0.6) is 0 Å². The summed E-state index contributed by atoms with van der Waals surface area (Å²) >= 11 is 0. The molecule has 0 fully saturated rings. The number of carbonyl (C=O) groups is 3. The molecular weight excluding hydrogens is 973 g/mol. The number of hydrogen-bond acceptors (Lipinski definition) is 6. The number of allylic oxidation sites excluding steroid dienone is 24. The highest BCUT2D eigenvalue weighted by molar-refractivity contribution is 5.71. The maximum atomic E-state index is 12.9. The van der Waals surface area contributed by atoms with Gasteiger partial charge in [-0.3, -0.25) is 14.4 Å². The Kier molecular flexibility index (Phi) is 61.9. The van der Waals surface area contributed by atoms with Gasteiger partial charge in [0, 0.05) is 19.3 Å². The van der Waals surface area contributed by atoms with Crippen LogP contribution < -0.4 is 0 Å². The molecule has 0 aromatic heterocycles. The molecule has 1 atom stereocenters. The van der Waals surface area contributed by atoms with Crippen LogP contribution in [0.15, 0.2) is 146 Å². The zero-order valence-corrected chi connectivity index (χ0v) is 51.1. The van der Waals surface area contributed by atoms with Gasteiger partial charge in [-0.25, -0.2) is 0 Å². The molecular formula is C73H118O6. The molecule has 0 radical (unpaired) electrons. The monoisotopic (exact) mass is 1090 g/mol. The van der Waals surface area contributed by atoms with Crippen molar-refractivity contribution < 1.29 is 28.6 Å². The standard InChI is InChI=1S/C73H118O6/c1-4-7-10-13-16-19-22-25-28-30-32-34-35-36-37-39-40-42-45-48-51-54-57-60-63-66-72(75)78-69-70(68-77-71(74)65-62-59-56-53-50-47-44-27-24-21-18-15-12-9-6-3)79-73(76)67-64-61-58-55-52-49-46-43-41-38-33-31-29-26-23-20-17-14-11-8-5-2/h7-8,10-11,16-17,19-20,25-26,28-29,32-34,36-38,40,42-43,46,48,51,70H,4-6,9,12-15,18,21-24,27,30-31,35,39,41,44-45,47,49-50,52-69H2,1-3H3/b10-7-,11-8-,19-16-,20-17-,28-25-,29-26-,34-32-,37-36-,38-33-,42-40-,46-43-,51-48-. The Bertz CT molecular complexity index is 1730. The average molecular weight is 1090 g/mol. The highest BCUT2D eigenvalue weighted by atomic mass is 16.6. The number of esters is 3. The molecule has 0 saturated carbocycles. The molecule has 0 rings (SSSR count). The van der Waals surface area contributed by atoms with Crippen LogP contribution in [-0.2, 0) is 28.6 Å². The van der Waals surface area contributed by atoms with E-state index in [1.165, 1.54) is 77.0 Å². The van der Waals surface area contributed by atoms with E-state index in [2.05, 4.69) is 167 Å². The van der Waals surface area contributed by atoms with E-state index in [-0.39, 0.29) is 31.1 Å². The van der Waals surface area contributed by atoms with Crippen molar-refractivity contribution in [1.29, 1.82) is 0 Å². The zero-order chi connectivity index (χ0) is 57.1. The van der Waals surface area contributed by atoms with Crippen LogP contribution in [0.3, 0.4) is 0 Å². The lowest BCUT2D eigenvalue weighted by atomic mass is 10.0. The second kappa shape index (κ2) is 65.8. The van der Waals surface area contributed by atoms with Crippen molar-refractivity contribution >= 4 is 17.9 Å². The van der Waals surface area contributed by atoms with E-state index < -0.39 is 6.10 Å². The normalized spacial score (nSPS) is 13.1. The van der Waals surface area contributed by atoms with Crippen molar-refractivity contribution in [3.05, 3.63) is 146 Å². The van der Waals surface area contributed by atoms with Gasteiger partial charge in [0.15, 0.2) is 6.10 Å². The third kappa shape index (κ3) is 64.0. The summed E-state index contributed by atoms with van der Waals surface area (Å²) in [5, 5.41) is 0. The quantitative estimate of drug-likeness (QED) is 0.0261. The molecule has 0 aromatic rings. The lowest BCUT2D eigenvalue weighted by Gasteiger charge is -2.18. The first kappa shape index (κ1) is 74.3. The van der Waals surface area contributed by atoms with E-state index in [1.807, 2.05) is 0 Å². The van der Waals surface area contributed by atoms with Crippen LogP contribution in [-0.4, -0.2) is 37.2 Å². The lowest BCUT2D eigenvalue weighted by molar-refractivity contribution is -0.167. The van der Waals surface area contributed by atoms with Crippen molar-refractivity contribution in [3.8, 4) is 0 Å². The molecule has 0 aromatic carbocycles. The van der Waals surface area contributed by atoms with Crippen LogP contribution in [0.25, 0.3) is 0 Å². The molecule has 6 nitrogen and oxygen atoms in total. The summed E-state index contributed by atoms with van der Waals surface area (Å²) < 4.78 is 16.9. The van der Waals surface area contributed by atoms with E-state index in [4.69, 9.17) is 14.2 Å². The van der Waals surface area contributed by atoms with Crippen LogP contribution in [0, 0.1) is 0 Å². The van der Waals surface area contributed by atoms with Gasteiger partial charge in [-0.1, -0.05) is 282 Å². The predicted molar refractivity (Wildman–Crippen MR) is 343 cm³/mol. The molecule has 0 aliphatic carbocycles.